The molecule has 0 spiro atoms. The Labute approximate surface area is 120 Å². The van der Waals surface area contributed by atoms with Crippen LogP contribution in [-0.4, -0.2) is 34.7 Å². The Morgan fingerprint density at radius 1 is 1.55 bits per heavy atom. The topological polar surface area (TPSA) is 68.5 Å². The number of likely N-dealkylation sites (tertiary alicyclic amines) is 1. The zero-order chi connectivity index (χ0) is 14.8. The van der Waals surface area contributed by atoms with Crippen LogP contribution >= 0.6 is 0 Å². The Hall–Kier alpha value is -1.62. The van der Waals surface area contributed by atoms with Crippen molar-refractivity contribution in [2.75, 3.05) is 13.1 Å². The van der Waals surface area contributed by atoms with E-state index in [0.29, 0.717) is 13.1 Å². The summed E-state index contributed by atoms with van der Waals surface area (Å²) in [5.41, 5.74) is 6.83. The second kappa shape index (κ2) is 5.79. The maximum atomic E-state index is 12.0. The monoisotopic (exact) mass is 277 g/mol. The summed E-state index contributed by atoms with van der Waals surface area (Å²) in [7, 11) is 0. The standard InChI is InChI=1S/C15H23N3O2/c1-15(2,3)20-14(19)18-8-6-12(10-18)13(16)11-5-4-7-17-9-11/h4-5,7,9,12-13H,6,8,10,16H2,1-3H3. The number of ether oxygens (including phenoxy) is 1. The van der Waals surface area contributed by atoms with E-state index in [9.17, 15) is 4.79 Å². The van der Waals surface area contributed by atoms with Gasteiger partial charge in [0.15, 0.2) is 0 Å². The molecule has 0 saturated carbocycles. The number of amides is 1. The van der Waals surface area contributed by atoms with Gasteiger partial charge in [0.25, 0.3) is 0 Å². The molecule has 2 N–H and O–H groups in total. The van der Waals surface area contributed by atoms with E-state index < -0.39 is 5.60 Å². The molecular weight excluding hydrogens is 254 g/mol. The zero-order valence-electron chi connectivity index (χ0n) is 12.4. The number of nitrogens with zero attached hydrogens (tertiary/aromatic N) is 2. The van der Waals surface area contributed by atoms with Crippen LogP contribution in [0.4, 0.5) is 4.79 Å². The van der Waals surface area contributed by atoms with E-state index in [2.05, 4.69) is 4.98 Å². The molecule has 5 nitrogen and oxygen atoms in total. The predicted molar refractivity (Wildman–Crippen MR) is 77.1 cm³/mol. The van der Waals surface area contributed by atoms with E-state index in [-0.39, 0.29) is 18.1 Å². The summed E-state index contributed by atoms with van der Waals surface area (Å²) in [4.78, 5) is 17.9. The molecule has 0 bridgehead atoms. The fraction of sp³-hybridized carbons (Fsp3) is 0.600. The SMILES string of the molecule is CC(C)(C)OC(=O)N1CCC(C(N)c2cccnc2)C1. The van der Waals surface area contributed by atoms with Gasteiger partial charge in [-0.3, -0.25) is 4.98 Å². The van der Waals surface area contributed by atoms with Gasteiger partial charge < -0.3 is 15.4 Å². The Morgan fingerprint density at radius 2 is 2.30 bits per heavy atom. The summed E-state index contributed by atoms with van der Waals surface area (Å²) in [6.07, 6.45) is 4.17. The minimum atomic E-state index is -0.458. The van der Waals surface area contributed by atoms with Gasteiger partial charge in [0.2, 0.25) is 0 Å². The summed E-state index contributed by atoms with van der Waals surface area (Å²) in [5.74, 6) is 0.256. The molecule has 2 unspecified atom stereocenters. The lowest BCUT2D eigenvalue weighted by molar-refractivity contribution is 0.0286. The van der Waals surface area contributed by atoms with Crippen molar-refractivity contribution in [3.63, 3.8) is 0 Å². The minimum Gasteiger partial charge on any atom is -0.444 e. The predicted octanol–water partition coefficient (Wildman–Crippen LogP) is 2.34. The third kappa shape index (κ3) is 3.70. The van der Waals surface area contributed by atoms with Gasteiger partial charge in [0.1, 0.15) is 5.60 Å². The number of pyridine rings is 1. The average Bonchev–Trinajstić information content (AvgIpc) is 2.86. The molecule has 2 atom stereocenters. The Bertz CT molecular complexity index is 456. The summed E-state index contributed by atoms with van der Waals surface area (Å²) >= 11 is 0. The second-order valence-corrected chi connectivity index (χ2v) is 6.29. The van der Waals surface area contributed by atoms with Crippen LogP contribution in [0.2, 0.25) is 0 Å². The molecule has 110 valence electrons. The Balaban J connectivity index is 1.94. The molecule has 1 aromatic heterocycles. The number of hydrogen-bond acceptors (Lipinski definition) is 4. The lowest BCUT2D eigenvalue weighted by atomic mass is 9.94. The first kappa shape index (κ1) is 14.8. The number of nitrogens with two attached hydrogens (primary N) is 1. The molecule has 1 saturated heterocycles. The molecular formula is C15H23N3O2. The van der Waals surface area contributed by atoms with Gasteiger partial charge >= 0.3 is 6.09 Å². The van der Waals surface area contributed by atoms with Crippen molar-refractivity contribution in [2.45, 2.75) is 38.8 Å². The fourth-order valence-electron chi connectivity index (χ4n) is 2.42. The van der Waals surface area contributed by atoms with Crippen LogP contribution in [0.15, 0.2) is 24.5 Å². The van der Waals surface area contributed by atoms with Crippen molar-refractivity contribution in [2.24, 2.45) is 11.7 Å². The van der Waals surface area contributed by atoms with Crippen molar-refractivity contribution >= 4 is 6.09 Å². The van der Waals surface area contributed by atoms with E-state index >= 15 is 0 Å². The molecule has 1 amide bonds. The number of rotatable bonds is 2. The van der Waals surface area contributed by atoms with Crippen LogP contribution in [0, 0.1) is 5.92 Å². The number of carbonyl (C=O) groups excluding carboxylic acids is 1. The maximum Gasteiger partial charge on any atom is 0.410 e. The third-order valence-electron chi connectivity index (χ3n) is 3.45. The molecule has 20 heavy (non-hydrogen) atoms. The highest BCUT2D eigenvalue weighted by atomic mass is 16.6. The summed E-state index contributed by atoms with van der Waals surface area (Å²) in [6.45, 7) is 6.97. The average molecular weight is 277 g/mol. The van der Waals surface area contributed by atoms with E-state index in [1.807, 2.05) is 32.9 Å². The molecule has 1 fully saturated rings. The van der Waals surface area contributed by atoms with Gasteiger partial charge in [0, 0.05) is 31.5 Å². The first-order valence-electron chi connectivity index (χ1n) is 7.00. The molecule has 1 aliphatic heterocycles. The van der Waals surface area contributed by atoms with Crippen molar-refractivity contribution in [1.29, 1.82) is 0 Å². The van der Waals surface area contributed by atoms with E-state index in [1.54, 1.807) is 17.3 Å². The normalized spacial score (nSPS) is 20.8. The molecule has 2 rings (SSSR count). The third-order valence-corrected chi connectivity index (χ3v) is 3.45. The number of carbonyl (C=O) groups is 1. The minimum absolute atomic E-state index is 0.0869. The highest BCUT2D eigenvalue weighted by molar-refractivity contribution is 5.68. The molecule has 5 heteroatoms. The largest absolute Gasteiger partial charge is 0.444 e. The maximum absolute atomic E-state index is 12.0. The van der Waals surface area contributed by atoms with Crippen molar-refractivity contribution in [1.82, 2.24) is 9.88 Å². The summed E-state index contributed by atoms with van der Waals surface area (Å²) < 4.78 is 5.39. The highest BCUT2D eigenvalue weighted by Crippen LogP contribution is 2.28. The molecule has 0 aliphatic carbocycles. The number of aromatic nitrogens is 1. The van der Waals surface area contributed by atoms with Crippen LogP contribution in [0.25, 0.3) is 0 Å². The van der Waals surface area contributed by atoms with E-state index in [1.165, 1.54) is 0 Å². The molecule has 2 heterocycles. The van der Waals surface area contributed by atoms with E-state index in [0.717, 1.165) is 12.0 Å². The molecule has 0 aromatic carbocycles. The lowest BCUT2D eigenvalue weighted by Gasteiger charge is -2.25. The highest BCUT2D eigenvalue weighted by Gasteiger charge is 2.33. The number of hydrogen-bond donors (Lipinski definition) is 1. The van der Waals surface area contributed by atoms with Gasteiger partial charge in [-0.2, -0.15) is 0 Å². The van der Waals surface area contributed by atoms with Gasteiger partial charge in [-0.1, -0.05) is 6.07 Å². The van der Waals surface area contributed by atoms with Crippen LogP contribution in [-0.2, 0) is 4.74 Å². The van der Waals surface area contributed by atoms with Gasteiger partial charge in [-0.15, -0.1) is 0 Å². The van der Waals surface area contributed by atoms with Crippen molar-refractivity contribution in [3.8, 4) is 0 Å². The Kier molecular flexibility index (Phi) is 4.28. The van der Waals surface area contributed by atoms with Crippen LogP contribution in [0.1, 0.15) is 38.8 Å². The zero-order valence-corrected chi connectivity index (χ0v) is 12.4. The van der Waals surface area contributed by atoms with Gasteiger partial charge in [-0.05, 0) is 44.7 Å². The first-order valence-corrected chi connectivity index (χ1v) is 7.00. The Morgan fingerprint density at radius 3 is 2.90 bits per heavy atom. The van der Waals surface area contributed by atoms with Crippen LogP contribution < -0.4 is 5.73 Å². The summed E-state index contributed by atoms with van der Waals surface area (Å²) in [5, 5.41) is 0. The van der Waals surface area contributed by atoms with Crippen molar-refractivity contribution in [3.05, 3.63) is 30.1 Å². The van der Waals surface area contributed by atoms with Gasteiger partial charge in [0.05, 0.1) is 0 Å². The van der Waals surface area contributed by atoms with Crippen LogP contribution in [0.3, 0.4) is 0 Å². The lowest BCUT2D eigenvalue weighted by Crippen LogP contribution is -2.36. The first-order chi connectivity index (χ1) is 9.37. The summed E-state index contributed by atoms with van der Waals surface area (Å²) in [6, 6.07) is 3.78. The fourth-order valence-corrected chi connectivity index (χ4v) is 2.42. The quantitative estimate of drug-likeness (QED) is 0.901. The van der Waals surface area contributed by atoms with Gasteiger partial charge in [-0.25, -0.2) is 4.79 Å². The van der Waals surface area contributed by atoms with Crippen LogP contribution in [0.5, 0.6) is 0 Å². The molecule has 1 aliphatic rings. The smallest absolute Gasteiger partial charge is 0.410 e. The molecule has 0 radical (unpaired) electrons. The molecule has 1 aromatic rings. The van der Waals surface area contributed by atoms with Crippen molar-refractivity contribution < 1.29 is 9.53 Å². The van der Waals surface area contributed by atoms with E-state index in [4.69, 9.17) is 10.5 Å². The second-order valence-electron chi connectivity index (χ2n) is 6.29.